The standard InChI is InChI=1S/C14H20N2/c1-11-7-5-6-10-13(11)16-14(15)12-8-3-2-4-9-12/h5-7,10,12H,2-4,8-9H2,1H3,(H2,15,16). The molecule has 86 valence electrons. The molecule has 16 heavy (non-hydrogen) atoms. The lowest BCUT2D eigenvalue weighted by molar-refractivity contribution is 0.437. The number of para-hydroxylation sites is 1. The zero-order valence-corrected chi connectivity index (χ0v) is 9.95. The molecule has 0 amide bonds. The molecule has 1 aliphatic rings. The van der Waals surface area contributed by atoms with Crippen LogP contribution >= 0.6 is 0 Å². The van der Waals surface area contributed by atoms with Gasteiger partial charge >= 0.3 is 0 Å². The second-order valence-corrected chi connectivity index (χ2v) is 4.66. The number of hydrogen-bond acceptors (Lipinski definition) is 1. The summed E-state index contributed by atoms with van der Waals surface area (Å²) in [5, 5.41) is 0. The van der Waals surface area contributed by atoms with Crippen LogP contribution in [0.2, 0.25) is 0 Å². The third kappa shape index (κ3) is 2.63. The van der Waals surface area contributed by atoms with Crippen LogP contribution < -0.4 is 5.73 Å². The molecule has 2 rings (SSSR count). The van der Waals surface area contributed by atoms with Crippen molar-refractivity contribution in [2.24, 2.45) is 16.6 Å². The van der Waals surface area contributed by atoms with Gasteiger partial charge in [0.25, 0.3) is 0 Å². The van der Waals surface area contributed by atoms with Crippen molar-refractivity contribution in [3.8, 4) is 0 Å². The minimum absolute atomic E-state index is 0.508. The van der Waals surface area contributed by atoms with Gasteiger partial charge in [0.2, 0.25) is 0 Å². The lowest BCUT2D eigenvalue weighted by atomic mass is 9.88. The van der Waals surface area contributed by atoms with Gasteiger partial charge in [-0.15, -0.1) is 0 Å². The first kappa shape index (κ1) is 11.2. The maximum absolute atomic E-state index is 6.10. The largest absolute Gasteiger partial charge is 0.387 e. The van der Waals surface area contributed by atoms with E-state index in [4.69, 9.17) is 5.73 Å². The highest BCUT2D eigenvalue weighted by Crippen LogP contribution is 2.25. The summed E-state index contributed by atoms with van der Waals surface area (Å²) in [5.74, 6) is 1.34. The van der Waals surface area contributed by atoms with Gasteiger partial charge in [0.05, 0.1) is 5.69 Å². The topological polar surface area (TPSA) is 38.4 Å². The Morgan fingerprint density at radius 1 is 1.19 bits per heavy atom. The third-order valence-corrected chi connectivity index (χ3v) is 3.39. The second kappa shape index (κ2) is 5.15. The molecule has 0 bridgehead atoms. The van der Waals surface area contributed by atoms with Crippen LogP contribution in [-0.4, -0.2) is 5.84 Å². The number of aliphatic imine (C=N–C) groups is 1. The molecule has 1 aromatic carbocycles. The molecule has 0 heterocycles. The Balaban J connectivity index is 2.13. The van der Waals surface area contributed by atoms with E-state index in [0.29, 0.717) is 5.92 Å². The highest BCUT2D eigenvalue weighted by molar-refractivity contribution is 5.85. The van der Waals surface area contributed by atoms with Crippen LogP contribution in [0, 0.1) is 12.8 Å². The molecule has 1 aliphatic carbocycles. The molecule has 2 N–H and O–H groups in total. The van der Waals surface area contributed by atoms with E-state index in [9.17, 15) is 0 Å². The van der Waals surface area contributed by atoms with Crippen LogP contribution in [0.5, 0.6) is 0 Å². The smallest absolute Gasteiger partial charge is 0.103 e. The van der Waals surface area contributed by atoms with Crippen LogP contribution in [0.4, 0.5) is 5.69 Å². The van der Waals surface area contributed by atoms with Gasteiger partial charge in [0.1, 0.15) is 5.84 Å². The van der Waals surface area contributed by atoms with E-state index in [2.05, 4.69) is 18.0 Å². The summed E-state index contributed by atoms with van der Waals surface area (Å²) in [6.45, 7) is 2.08. The van der Waals surface area contributed by atoms with E-state index in [-0.39, 0.29) is 0 Å². The average molecular weight is 216 g/mol. The summed E-state index contributed by atoms with van der Waals surface area (Å²) in [6, 6.07) is 8.16. The molecule has 0 atom stereocenters. The zero-order chi connectivity index (χ0) is 11.4. The Kier molecular flexibility index (Phi) is 3.60. The fourth-order valence-corrected chi connectivity index (χ4v) is 2.32. The van der Waals surface area contributed by atoms with Crippen LogP contribution in [0.1, 0.15) is 37.7 Å². The lowest BCUT2D eigenvalue weighted by Gasteiger charge is -2.21. The van der Waals surface area contributed by atoms with Gasteiger partial charge in [-0.2, -0.15) is 0 Å². The van der Waals surface area contributed by atoms with Crippen molar-refractivity contribution in [1.82, 2.24) is 0 Å². The summed E-state index contributed by atoms with van der Waals surface area (Å²) >= 11 is 0. The number of benzene rings is 1. The summed E-state index contributed by atoms with van der Waals surface area (Å²) in [5.41, 5.74) is 8.31. The van der Waals surface area contributed by atoms with E-state index in [0.717, 1.165) is 11.5 Å². The number of hydrogen-bond donors (Lipinski definition) is 1. The van der Waals surface area contributed by atoms with E-state index in [1.165, 1.54) is 37.7 Å². The Bertz CT molecular complexity index is 376. The van der Waals surface area contributed by atoms with Crippen LogP contribution in [0.15, 0.2) is 29.3 Å². The van der Waals surface area contributed by atoms with Crippen molar-refractivity contribution in [2.45, 2.75) is 39.0 Å². The average Bonchev–Trinajstić information content (AvgIpc) is 2.33. The predicted molar refractivity (Wildman–Crippen MR) is 69.0 cm³/mol. The SMILES string of the molecule is Cc1ccccc1N=C(N)C1CCCCC1. The molecule has 0 unspecified atom stereocenters. The van der Waals surface area contributed by atoms with Crippen LogP contribution in [0.3, 0.4) is 0 Å². The normalized spacial score (nSPS) is 18.7. The number of rotatable bonds is 2. The summed E-state index contributed by atoms with van der Waals surface area (Å²) < 4.78 is 0. The van der Waals surface area contributed by atoms with E-state index >= 15 is 0 Å². The first-order chi connectivity index (χ1) is 7.77. The van der Waals surface area contributed by atoms with E-state index in [1.54, 1.807) is 0 Å². The van der Waals surface area contributed by atoms with Gasteiger partial charge in [-0.1, -0.05) is 37.5 Å². The van der Waals surface area contributed by atoms with Crippen LogP contribution in [0.25, 0.3) is 0 Å². The van der Waals surface area contributed by atoms with Gasteiger partial charge in [-0.3, -0.25) is 0 Å². The fraction of sp³-hybridized carbons (Fsp3) is 0.500. The molecule has 1 fully saturated rings. The first-order valence-corrected chi connectivity index (χ1v) is 6.17. The second-order valence-electron chi connectivity index (χ2n) is 4.66. The van der Waals surface area contributed by atoms with E-state index < -0.39 is 0 Å². The highest BCUT2D eigenvalue weighted by Gasteiger charge is 2.16. The van der Waals surface area contributed by atoms with Crippen molar-refractivity contribution in [3.63, 3.8) is 0 Å². The number of nitrogens with zero attached hydrogens (tertiary/aromatic N) is 1. The molecule has 2 heteroatoms. The van der Waals surface area contributed by atoms with Crippen LogP contribution in [-0.2, 0) is 0 Å². The molecule has 1 aromatic rings. The van der Waals surface area contributed by atoms with Gasteiger partial charge in [0, 0.05) is 5.92 Å². The Hall–Kier alpha value is -1.31. The quantitative estimate of drug-likeness (QED) is 0.595. The maximum Gasteiger partial charge on any atom is 0.103 e. The predicted octanol–water partition coefficient (Wildman–Crippen LogP) is 3.56. The number of aryl methyl sites for hydroxylation is 1. The Labute approximate surface area is 97.6 Å². The summed E-state index contributed by atoms with van der Waals surface area (Å²) in [7, 11) is 0. The number of nitrogens with two attached hydrogens (primary N) is 1. The number of amidine groups is 1. The minimum Gasteiger partial charge on any atom is -0.387 e. The molecule has 2 nitrogen and oxygen atoms in total. The van der Waals surface area contributed by atoms with Gasteiger partial charge < -0.3 is 5.73 Å². The van der Waals surface area contributed by atoms with Gasteiger partial charge in [-0.25, -0.2) is 4.99 Å². The molecular weight excluding hydrogens is 196 g/mol. The monoisotopic (exact) mass is 216 g/mol. The van der Waals surface area contributed by atoms with Crippen molar-refractivity contribution in [3.05, 3.63) is 29.8 Å². The van der Waals surface area contributed by atoms with Gasteiger partial charge in [0.15, 0.2) is 0 Å². The van der Waals surface area contributed by atoms with Crippen molar-refractivity contribution >= 4 is 11.5 Å². The Morgan fingerprint density at radius 2 is 1.88 bits per heavy atom. The van der Waals surface area contributed by atoms with Crippen molar-refractivity contribution in [2.75, 3.05) is 0 Å². The lowest BCUT2D eigenvalue weighted by Crippen LogP contribution is -2.25. The Morgan fingerprint density at radius 3 is 2.56 bits per heavy atom. The molecule has 0 aliphatic heterocycles. The van der Waals surface area contributed by atoms with E-state index in [1.807, 2.05) is 18.2 Å². The zero-order valence-electron chi connectivity index (χ0n) is 9.95. The maximum atomic E-state index is 6.10. The third-order valence-electron chi connectivity index (χ3n) is 3.39. The molecule has 0 aromatic heterocycles. The minimum atomic E-state index is 0.508. The molecule has 0 spiro atoms. The fourth-order valence-electron chi connectivity index (χ4n) is 2.32. The van der Waals surface area contributed by atoms with Gasteiger partial charge in [-0.05, 0) is 31.4 Å². The summed E-state index contributed by atoms with van der Waals surface area (Å²) in [4.78, 5) is 4.58. The molecule has 0 radical (unpaired) electrons. The molecule has 1 saturated carbocycles. The first-order valence-electron chi connectivity index (χ1n) is 6.17. The molecule has 0 saturated heterocycles. The van der Waals surface area contributed by atoms with Crippen molar-refractivity contribution < 1.29 is 0 Å². The molecular formula is C14H20N2. The van der Waals surface area contributed by atoms with Crippen molar-refractivity contribution in [1.29, 1.82) is 0 Å². The summed E-state index contributed by atoms with van der Waals surface area (Å²) in [6.07, 6.45) is 6.37. The highest BCUT2D eigenvalue weighted by atomic mass is 14.9.